The SMILES string of the molecule is Cn1cc(-c2ccc3c(n2)CCCN3C(=O)c2ncc(N3CCC4(CC3)Cc3ccccc3C4)nc2N)cn1. The zero-order valence-electron chi connectivity index (χ0n) is 22.2. The monoisotopic (exact) mass is 520 g/mol. The number of aromatic nitrogens is 5. The van der Waals surface area contributed by atoms with E-state index in [1.54, 1.807) is 22.0 Å². The third-order valence-corrected chi connectivity index (χ3v) is 8.67. The Kier molecular flexibility index (Phi) is 5.61. The fourth-order valence-electron chi connectivity index (χ4n) is 6.55. The molecule has 1 aliphatic carbocycles. The number of carbonyl (C=O) groups excluding carboxylic acids is 1. The average Bonchev–Trinajstić information content (AvgIpc) is 3.55. The van der Waals surface area contributed by atoms with E-state index in [0.717, 1.165) is 80.1 Å². The Labute approximate surface area is 227 Å². The maximum Gasteiger partial charge on any atom is 0.280 e. The van der Waals surface area contributed by atoms with Crippen LogP contribution in [-0.4, -0.2) is 50.3 Å². The lowest BCUT2D eigenvalue weighted by Gasteiger charge is -2.40. The van der Waals surface area contributed by atoms with E-state index < -0.39 is 0 Å². The number of fused-ring (bicyclic) bond motifs is 2. The molecule has 0 radical (unpaired) electrons. The first kappa shape index (κ1) is 23.8. The van der Waals surface area contributed by atoms with E-state index in [4.69, 9.17) is 10.7 Å². The minimum atomic E-state index is -0.232. The molecule has 1 aromatic carbocycles. The van der Waals surface area contributed by atoms with Gasteiger partial charge in [-0.15, -0.1) is 0 Å². The zero-order valence-corrected chi connectivity index (χ0v) is 22.2. The number of hydrogen-bond donors (Lipinski definition) is 1. The molecule has 4 aromatic rings. The maximum absolute atomic E-state index is 13.6. The molecule has 5 heterocycles. The van der Waals surface area contributed by atoms with Crippen molar-refractivity contribution in [3.05, 3.63) is 77.5 Å². The smallest absolute Gasteiger partial charge is 0.280 e. The van der Waals surface area contributed by atoms with Crippen LogP contribution in [0.3, 0.4) is 0 Å². The minimum Gasteiger partial charge on any atom is -0.382 e. The summed E-state index contributed by atoms with van der Waals surface area (Å²) in [6, 6.07) is 12.7. The summed E-state index contributed by atoms with van der Waals surface area (Å²) in [6.07, 6.45) is 11.6. The molecule has 39 heavy (non-hydrogen) atoms. The second kappa shape index (κ2) is 9.18. The predicted molar refractivity (Wildman–Crippen MR) is 151 cm³/mol. The number of piperidine rings is 1. The summed E-state index contributed by atoms with van der Waals surface area (Å²) in [6.45, 7) is 2.43. The van der Waals surface area contributed by atoms with Gasteiger partial charge in [0.1, 0.15) is 5.82 Å². The molecule has 9 heteroatoms. The van der Waals surface area contributed by atoms with Crippen LogP contribution in [0.4, 0.5) is 17.3 Å². The summed E-state index contributed by atoms with van der Waals surface area (Å²) in [5.41, 5.74) is 13.4. The van der Waals surface area contributed by atoms with Crippen LogP contribution >= 0.6 is 0 Å². The van der Waals surface area contributed by atoms with Gasteiger partial charge in [-0.2, -0.15) is 5.10 Å². The van der Waals surface area contributed by atoms with Gasteiger partial charge >= 0.3 is 0 Å². The number of amides is 1. The number of rotatable bonds is 3. The fourth-order valence-corrected chi connectivity index (χ4v) is 6.55. The molecular formula is C30H32N8O. The Bertz CT molecular complexity index is 1540. The molecule has 3 aromatic heterocycles. The molecule has 1 saturated heterocycles. The highest BCUT2D eigenvalue weighted by Crippen LogP contribution is 2.45. The van der Waals surface area contributed by atoms with E-state index in [1.165, 1.54) is 11.1 Å². The Morgan fingerprint density at radius 1 is 0.974 bits per heavy atom. The number of anilines is 3. The zero-order chi connectivity index (χ0) is 26.6. The topological polar surface area (TPSA) is 106 Å². The summed E-state index contributed by atoms with van der Waals surface area (Å²) < 4.78 is 1.76. The molecule has 7 rings (SSSR count). The van der Waals surface area contributed by atoms with Crippen molar-refractivity contribution >= 4 is 23.2 Å². The number of carbonyl (C=O) groups is 1. The molecule has 0 bridgehead atoms. The summed E-state index contributed by atoms with van der Waals surface area (Å²) >= 11 is 0. The van der Waals surface area contributed by atoms with Crippen molar-refractivity contribution in [2.75, 3.05) is 35.2 Å². The van der Waals surface area contributed by atoms with E-state index in [-0.39, 0.29) is 17.4 Å². The standard InChI is InChI=1S/C30H32N8O/c1-36-19-22(17-33-36)23-8-9-25-24(34-23)7-4-12-38(25)29(39)27-28(31)35-26(18-32-27)37-13-10-30(11-14-37)15-20-5-2-3-6-21(20)16-30/h2-3,5-6,8-9,17-19H,4,7,10-16H2,1H3,(H2,31,35). The molecule has 1 amide bonds. The molecule has 198 valence electrons. The Hall–Kier alpha value is -4.27. The molecular weight excluding hydrogens is 488 g/mol. The van der Waals surface area contributed by atoms with Gasteiger partial charge in [0.05, 0.1) is 29.5 Å². The van der Waals surface area contributed by atoms with Gasteiger partial charge in [0, 0.05) is 38.4 Å². The molecule has 2 N–H and O–H groups in total. The van der Waals surface area contributed by atoms with Crippen LogP contribution < -0.4 is 15.5 Å². The van der Waals surface area contributed by atoms with E-state index in [1.807, 2.05) is 25.4 Å². The van der Waals surface area contributed by atoms with Crippen LogP contribution in [0.25, 0.3) is 11.3 Å². The van der Waals surface area contributed by atoms with Gasteiger partial charge < -0.3 is 15.5 Å². The quantitative estimate of drug-likeness (QED) is 0.438. The molecule has 0 unspecified atom stereocenters. The van der Waals surface area contributed by atoms with Crippen molar-refractivity contribution < 1.29 is 4.79 Å². The number of aryl methyl sites for hydroxylation is 2. The van der Waals surface area contributed by atoms with Crippen LogP contribution in [0.15, 0.2) is 55.0 Å². The Balaban J connectivity index is 1.07. The van der Waals surface area contributed by atoms with E-state index >= 15 is 0 Å². The highest BCUT2D eigenvalue weighted by molar-refractivity contribution is 6.08. The number of nitrogen functional groups attached to an aromatic ring is 1. The molecule has 0 saturated carbocycles. The van der Waals surface area contributed by atoms with Crippen LogP contribution in [0.5, 0.6) is 0 Å². The van der Waals surface area contributed by atoms with Crippen molar-refractivity contribution in [2.45, 2.75) is 38.5 Å². The van der Waals surface area contributed by atoms with Gasteiger partial charge in [0.25, 0.3) is 5.91 Å². The average molecular weight is 521 g/mol. The van der Waals surface area contributed by atoms with Crippen LogP contribution in [0.1, 0.15) is 46.6 Å². The molecule has 1 spiro atoms. The number of nitrogens with zero attached hydrogens (tertiary/aromatic N) is 7. The van der Waals surface area contributed by atoms with E-state index in [2.05, 4.69) is 44.2 Å². The number of nitrogens with two attached hydrogens (primary N) is 1. The number of hydrogen-bond acceptors (Lipinski definition) is 7. The molecule has 3 aliphatic rings. The highest BCUT2D eigenvalue weighted by Gasteiger charge is 2.40. The van der Waals surface area contributed by atoms with E-state index in [9.17, 15) is 4.79 Å². The predicted octanol–water partition coefficient (Wildman–Crippen LogP) is 3.83. The number of benzene rings is 1. The van der Waals surface area contributed by atoms with Gasteiger partial charge in [-0.05, 0) is 67.2 Å². The van der Waals surface area contributed by atoms with Crippen molar-refractivity contribution in [3.8, 4) is 11.3 Å². The molecule has 0 atom stereocenters. The second-order valence-electron chi connectivity index (χ2n) is 11.2. The van der Waals surface area contributed by atoms with Crippen molar-refractivity contribution in [3.63, 3.8) is 0 Å². The first-order chi connectivity index (χ1) is 19.0. The van der Waals surface area contributed by atoms with Crippen molar-refractivity contribution in [1.82, 2.24) is 24.7 Å². The third-order valence-electron chi connectivity index (χ3n) is 8.67. The number of pyridine rings is 1. The van der Waals surface area contributed by atoms with Crippen LogP contribution in [-0.2, 0) is 26.3 Å². The van der Waals surface area contributed by atoms with E-state index in [0.29, 0.717) is 12.0 Å². The van der Waals surface area contributed by atoms with Gasteiger partial charge in [-0.25, -0.2) is 9.97 Å². The van der Waals surface area contributed by atoms with Crippen LogP contribution in [0, 0.1) is 5.41 Å². The first-order valence-corrected chi connectivity index (χ1v) is 13.7. The first-order valence-electron chi connectivity index (χ1n) is 13.7. The third kappa shape index (κ3) is 4.22. The lowest BCUT2D eigenvalue weighted by Crippen LogP contribution is -2.41. The summed E-state index contributed by atoms with van der Waals surface area (Å²) in [4.78, 5) is 31.6. The van der Waals surface area contributed by atoms with Crippen LogP contribution in [0.2, 0.25) is 0 Å². The van der Waals surface area contributed by atoms with Gasteiger partial charge in [0.15, 0.2) is 11.5 Å². The van der Waals surface area contributed by atoms with Crippen molar-refractivity contribution in [1.29, 1.82) is 0 Å². The van der Waals surface area contributed by atoms with Gasteiger partial charge in [-0.1, -0.05) is 24.3 Å². The highest BCUT2D eigenvalue weighted by atomic mass is 16.2. The molecule has 1 fully saturated rings. The minimum absolute atomic E-state index is 0.179. The van der Waals surface area contributed by atoms with Gasteiger partial charge in [-0.3, -0.25) is 14.5 Å². The molecule has 9 nitrogen and oxygen atoms in total. The normalized spacial score (nSPS) is 17.8. The fraction of sp³-hybridized carbons (Fsp3) is 0.367. The second-order valence-corrected chi connectivity index (χ2v) is 11.2. The summed E-state index contributed by atoms with van der Waals surface area (Å²) in [5.74, 6) is 0.694. The Morgan fingerprint density at radius 2 is 1.74 bits per heavy atom. The lowest BCUT2D eigenvalue weighted by atomic mass is 9.76. The maximum atomic E-state index is 13.6. The largest absolute Gasteiger partial charge is 0.382 e. The molecule has 2 aliphatic heterocycles. The van der Waals surface area contributed by atoms with Gasteiger partial charge in [0.2, 0.25) is 0 Å². The Morgan fingerprint density at radius 3 is 2.44 bits per heavy atom. The summed E-state index contributed by atoms with van der Waals surface area (Å²) in [5, 5.41) is 4.25. The summed E-state index contributed by atoms with van der Waals surface area (Å²) in [7, 11) is 1.88. The van der Waals surface area contributed by atoms with Crippen molar-refractivity contribution in [2.24, 2.45) is 12.5 Å². The lowest BCUT2D eigenvalue weighted by molar-refractivity contribution is 0.0981.